The number of hydrogen-bond acceptors (Lipinski definition) is 4. The van der Waals surface area contributed by atoms with Crippen LogP contribution in [-0.4, -0.2) is 40.2 Å². The summed E-state index contributed by atoms with van der Waals surface area (Å²) in [6.07, 6.45) is 1.03. The minimum Gasteiger partial charge on any atom is -0.348 e. The van der Waals surface area contributed by atoms with Crippen molar-refractivity contribution < 1.29 is 9.59 Å². The Labute approximate surface area is 234 Å². The number of anilines is 2. The predicted molar refractivity (Wildman–Crippen MR) is 158 cm³/mol. The monoisotopic (exact) mass is 534 g/mol. The fourth-order valence-electron chi connectivity index (χ4n) is 5.39. The molecule has 0 atom stereocenters. The van der Waals surface area contributed by atoms with E-state index in [4.69, 9.17) is 5.10 Å². The van der Waals surface area contributed by atoms with Crippen molar-refractivity contribution in [2.24, 2.45) is 0 Å². The van der Waals surface area contributed by atoms with Crippen LogP contribution in [0.1, 0.15) is 53.5 Å². The molecule has 0 saturated heterocycles. The normalized spacial score (nSPS) is 14.8. The van der Waals surface area contributed by atoms with Crippen molar-refractivity contribution >= 4 is 23.4 Å². The van der Waals surface area contributed by atoms with Gasteiger partial charge in [0, 0.05) is 42.4 Å². The standard InChI is InChI=1S/C32H34N6O2/c1-32(2,3)28-17-29(38(36-28)24-13-10-20-14-15-37(4)19-22(20)16-24)35-31(40)34-23-11-8-21(9-12-23)25-6-5-7-26-27(25)18-33-30(26)39/h5-13,16-17H,14-15,18-19H2,1-4H3,(H,33,39)(H2,34,35,40). The molecule has 0 spiro atoms. The summed E-state index contributed by atoms with van der Waals surface area (Å²) in [7, 11) is 2.13. The van der Waals surface area contributed by atoms with E-state index in [0.29, 0.717) is 18.1 Å². The second kappa shape index (κ2) is 9.95. The highest BCUT2D eigenvalue weighted by Gasteiger charge is 2.24. The minimum atomic E-state index is -0.345. The van der Waals surface area contributed by atoms with Crippen molar-refractivity contribution in [2.45, 2.75) is 45.7 Å². The molecule has 3 heterocycles. The number of benzene rings is 3. The lowest BCUT2D eigenvalue weighted by Crippen LogP contribution is -2.26. The van der Waals surface area contributed by atoms with E-state index in [0.717, 1.165) is 53.1 Å². The van der Waals surface area contributed by atoms with E-state index in [9.17, 15) is 9.59 Å². The first-order chi connectivity index (χ1) is 19.2. The lowest BCUT2D eigenvalue weighted by molar-refractivity contribution is 0.0965. The lowest BCUT2D eigenvalue weighted by Gasteiger charge is -2.25. The Morgan fingerprint density at radius 1 is 0.950 bits per heavy atom. The van der Waals surface area contributed by atoms with Crippen LogP contribution in [0.5, 0.6) is 0 Å². The van der Waals surface area contributed by atoms with E-state index < -0.39 is 0 Å². The molecule has 0 fully saturated rings. The number of nitrogens with zero attached hydrogens (tertiary/aromatic N) is 3. The Bertz CT molecular complexity index is 1610. The predicted octanol–water partition coefficient (Wildman–Crippen LogP) is 5.71. The second-order valence-electron chi connectivity index (χ2n) is 11.7. The van der Waals surface area contributed by atoms with Gasteiger partial charge in [-0.1, -0.05) is 51.1 Å². The molecule has 8 heteroatoms. The minimum absolute atomic E-state index is 0.0385. The van der Waals surface area contributed by atoms with Crippen LogP contribution in [0.15, 0.2) is 66.7 Å². The first-order valence-corrected chi connectivity index (χ1v) is 13.7. The summed E-state index contributed by atoms with van der Waals surface area (Å²) in [5, 5.41) is 13.7. The number of nitrogens with one attached hydrogen (secondary N) is 3. The Balaban J connectivity index is 1.23. The maximum Gasteiger partial charge on any atom is 0.324 e. The molecule has 2 aliphatic rings. The molecular weight excluding hydrogens is 500 g/mol. The van der Waals surface area contributed by atoms with Crippen molar-refractivity contribution in [3.8, 4) is 16.8 Å². The molecule has 0 radical (unpaired) electrons. The number of hydrogen-bond donors (Lipinski definition) is 3. The highest BCUT2D eigenvalue weighted by Crippen LogP contribution is 2.31. The molecule has 40 heavy (non-hydrogen) atoms. The molecule has 3 aromatic carbocycles. The highest BCUT2D eigenvalue weighted by molar-refractivity contribution is 6.01. The van der Waals surface area contributed by atoms with Crippen LogP contribution < -0.4 is 16.0 Å². The Kier molecular flexibility index (Phi) is 6.43. The van der Waals surface area contributed by atoms with Gasteiger partial charge in [-0.15, -0.1) is 0 Å². The number of fused-ring (bicyclic) bond motifs is 2. The van der Waals surface area contributed by atoms with Gasteiger partial charge < -0.3 is 15.5 Å². The second-order valence-corrected chi connectivity index (χ2v) is 11.7. The number of urea groups is 1. The van der Waals surface area contributed by atoms with E-state index in [1.54, 1.807) is 0 Å². The molecule has 0 unspecified atom stereocenters. The number of carbonyl (C=O) groups is 2. The molecule has 204 valence electrons. The average Bonchev–Trinajstić information content (AvgIpc) is 3.52. The molecule has 2 aliphatic heterocycles. The SMILES string of the molecule is CN1CCc2ccc(-n3nc(C(C)(C)C)cc3NC(=O)Nc3ccc(-c4cccc5c4CNC5=O)cc3)cc2C1. The molecule has 0 aliphatic carbocycles. The summed E-state index contributed by atoms with van der Waals surface area (Å²) < 4.78 is 1.82. The molecule has 4 aromatic rings. The molecule has 6 rings (SSSR count). The zero-order chi connectivity index (χ0) is 28.0. The summed E-state index contributed by atoms with van der Waals surface area (Å²) in [6, 6.07) is 21.4. The topological polar surface area (TPSA) is 91.3 Å². The van der Waals surface area contributed by atoms with Crippen LogP contribution in [0.2, 0.25) is 0 Å². The van der Waals surface area contributed by atoms with Crippen molar-refractivity contribution in [3.63, 3.8) is 0 Å². The Hall–Kier alpha value is -4.43. The van der Waals surface area contributed by atoms with Gasteiger partial charge >= 0.3 is 6.03 Å². The van der Waals surface area contributed by atoms with Gasteiger partial charge in [0.15, 0.2) is 0 Å². The third kappa shape index (κ3) is 4.98. The number of rotatable bonds is 4. The van der Waals surface area contributed by atoms with Gasteiger partial charge in [0.25, 0.3) is 5.91 Å². The van der Waals surface area contributed by atoms with E-state index in [2.05, 4.69) is 66.9 Å². The summed E-state index contributed by atoms with van der Waals surface area (Å²) in [6.45, 7) is 8.82. The molecule has 3 amide bonds. The van der Waals surface area contributed by atoms with Crippen molar-refractivity contribution in [3.05, 3.63) is 94.7 Å². The van der Waals surface area contributed by atoms with Crippen LogP contribution in [0.3, 0.4) is 0 Å². The molecule has 1 aromatic heterocycles. The molecule has 3 N–H and O–H groups in total. The zero-order valence-corrected chi connectivity index (χ0v) is 23.3. The first kappa shape index (κ1) is 25.8. The molecule has 0 saturated carbocycles. The number of likely N-dealkylation sites (N-methyl/N-ethyl adjacent to an activating group) is 1. The summed E-state index contributed by atoms with van der Waals surface area (Å²) in [5.41, 5.74) is 8.69. The zero-order valence-electron chi connectivity index (χ0n) is 23.3. The molecular formula is C32H34N6O2. The Morgan fingerprint density at radius 3 is 2.50 bits per heavy atom. The van der Waals surface area contributed by atoms with Gasteiger partial charge in [-0.3, -0.25) is 10.1 Å². The average molecular weight is 535 g/mol. The van der Waals surface area contributed by atoms with E-state index in [1.165, 1.54) is 11.1 Å². The summed E-state index contributed by atoms with van der Waals surface area (Å²) in [4.78, 5) is 27.5. The summed E-state index contributed by atoms with van der Waals surface area (Å²) >= 11 is 0. The third-order valence-corrected chi connectivity index (χ3v) is 7.66. The van der Waals surface area contributed by atoms with Crippen LogP contribution in [0.25, 0.3) is 16.8 Å². The smallest absolute Gasteiger partial charge is 0.324 e. The van der Waals surface area contributed by atoms with Gasteiger partial charge in [-0.05, 0) is 71.6 Å². The summed E-state index contributed by atoms with van der Waals surface area (Å²) in [5.74, 6) is 0.573. The van der Waals surface area contributed by atoms with Crippen molar-refractivity contribution in [2.75, 3.05) is 24.2 Å². The maximum absolute atomic E-state index is 13.1. The fraction of sp³-hybridized carbons (Fsp3) is 0.281. The quantitative estimate of drug-likeness (QED) is 0.313. The van der Waals surface area contributed by atoms with E-state index in [-0.39, 0.29) is 17.4 Å². The first-order valence-electron chi connectivity index (χ1n) is 13.7. The number of carbonyl (C=O) groups excluding carboxylic acids is 2. The lowest BCUT2D eigenvalue weighted by atomic mass is 9.92. The van der Waals surface area contributed by atoms with Gasteiger partial charge in [-0.25, -0.2) is 9.48 Å². The van der Waals surface area contributed by atoms with Gasteiger partial charge in [0.1, 0.15) is 5.82 Å². The number of aromatic nitrogens is 2. The van der Waals surface area contributed by atoms with E-state index >= 15 is 0 Å². The third-order valence-electron chi connectivity index (χ3n) is 7.66. The van der Waals surface area contributed by atoms with Crippen LogP contribution in [-0.2, 0) is 24.9 Å². The van der Waals surface area contributed by atoms with Crippen LogP contribution >= 0.6 is 0 Å². The van der Waals surface area contributed by atoms with Crippen LogP contribution in [0.4, 0.5) is 16.3 Å². The Morgan fingerprint density at radius 2 is 1.73 bits per heavy atom. The molecule has 0 bridgehead atoms. The molecule has 8 nitrogen and oxygen atoms in total. The van der Waals surface area contributed by atoms with Gasteiger partial charge in [0.2, 0.25) is 0 Å². The fourth-order valence-corrected chi connectivity index (χ4v) is 5.39. The van der Waals surface area contributed by atoms with Crippen molar-refractivity contribution in [1.29, 1.82) is 0 Å². The maximum atomic E-state index is 13.1. The highest BCUT2D eigenvalue weighted by atomic mass is 16.2. The van der Waals surface area contributed by atoms with Gasteiger partial charge in [-0.2, -0.15) is 5.10 Å². The largest absolute Gasteiger partial charge is 0.348 e. The van der Waals surface area contributed by atoms with E-state index in [1.807, 2.05) is 53.2 Å². The van der Waals surface area contributed by atoms with Gasteiger partial charge in [0.05, 0.1) is 11.4 Å². The number of amides is 3. The van der Waals surface area contributed by atoms with Crippen LogP contribution in [0, 0.1) is 0 Å². The van der Waals surface area contributed by atoms with Crippen molar-refractivity contribution in [1.82, 2.24) is 20.0 Å².